The van der Waals surface area contributed by atoms with E-state index in [2.05, 4.69) is 15.6 Å². The van der Waals surface area contributed by atoms with E-state index in [0.29, 0.717) is 11.3 Å². The first-order valence-electron chi connectivity index (χ1n) is 5.45. The molecule has 0 aliphatic rings. The van der Waals surface area contributed by atoms with Gasteiger partial charge in [0.25, 0.3) is 5.91 Å². The predicted molar refractivity (Wildman–Crippen MR) is 66.5 cm³/mol. The Bertz CT molecular complexity index is 595. The lowest BCUT2D eigenvalue weighted by molar-refractivity contribution is 0.0953. The normalized spacial score (nSPS) is 11.1. The van der Waals surface area contributed by atoms with Gasteiger partial charge in [0, 0.05) is 18.3 Å². The Morgan fingerprint density at radius 1 is 1.56 bits per heavy atom. The van der Waals surface area contributed by atoms with Crippen LogP contribution in [-0.4, -0.2) is 21.9 Å². The van der Waals surface area contributed by atoms with Crippen LogP contribution in [0.5, 0.6) is 0 Å². The number of furan rings is 1. The Morgan fingerprint density at radius 2 is 2.33 bits per heavy atom. The largest absolute Gasteiger partial charge is 0.469 e. The van der Waals surface area contributed by atoms with Gasteiger partial charge in [-0.1, -0.05) is 0 Å². The molecule has 94 valence electrons. The molecule has 1 N–H and O–H groups in total. The van der Waals surface area contributed by atoms with Crippen molar-refractivity contribution < 1.29 is 9.21 Å². The number of aryl methyl sites for hydroxylation is 2. The highest BCUT2D eigenvalue weighted by Gasteiger charge is 2.09. The molecule has 0 aliphatic carbocycles. The summed E-state index contributed by atoms with van der Waals surface area (Å²) < 4.78 is 6.79. The first-order valence-corrected chi connectivity index (χ1v) is 5.45. The van der Waals surface area contributed by atoms with Crippen LogP contribution in [0.4, 0.5) is 0 Å². The molecule has 2 heterocycles. The van der Waals surface area contributed by atoms with Gasteiger partial charge < -0.3 is 4.42 Å². The highest BCUT2D eigenvalue weighted by molar-refractivity contribution is 5.95. The minimum atomic E-state index is -0.293. The number of carbonyl (C=O) groups excluding carboxylic acids is 1. The van der Waals surface area contributed by atoms with Crippen molar-refractivity contribution in [3.05, 3.63) is 41.1 Å². The molecule has 2 rings (SSSR count). The summed E-state index contributed by atoms with van der Waals surface area (Å²) in [6.45, 7) is 3.65. The van der Waals surface area contributed by atoms with Crippen LogP contribution in [0.15, 0.2) is 28.0 Å². The van der Waals surface area contributed by atoms with Gasteiger partial charge in [-0.15, -0.1) is 0 Å². The first-order chi connectivity index (χ1) is 8.59. The summed E-state index contributed by atoms with van der Waals surface area (Å²) in [6, 6.07) is 1.61. The van der Waals surface area contributed by atoms with Crippen molar-refractivity contribution in [3.8, 4) is 0 Å². The van der Waals surface area contributed by atoms with Crippen LogP contribution < -0.4 is 5.43 Å². The maximum Gasteiger partial charge on any atom is 0.274 e. The molecule has 0 bridgehead atoms. The fraction of sp³-hybridized carbons (Fsp3) is 0.250. The average Bonchev–Trinajstić information content (AvgIpc) is 2.89. The minimum absolute atomic E-state index is 0.293. The van der Waals surface area contributed by atoms with Gasteiger partial charge in [0.15, 0.2) is 0 Å². The molecular formula is C12H14N4O2. The number of nitrogens with zero attached hydrogens (tertiary/aromatic N) is 3. The van der Waals surface area contributed by atoms with Crippen molar-refractivity contribution in [2.75, 3.05) is 0 Å². The summed E-state index contributed by atoms with van der Waals surface area (Å²) in [7, 11) is 1.85. The summed E-state index contributed by atoms with van der Waals surface area (Å²) in [5.74, 6) is 0.277. The summed E-state index contributed by atoms with van der Waals surface area (Å²) in [6.07, 6.45) is 4.73. The van der Waals surface area contributed by atoms with Crippen molar-refractivity contribution in [2.24, 2.45) is 12.1 Å². The van der Waals surface area contributed by atoms with E-state index < -0.39 is 0 Å². The van der Waals surface area contributed by atoms with Gasteiger partial charge in [0.1, 0.15) is 5.76 Å². The van der Waals surface area contributed by atoms with Gasteiger partial charge >= 0.3 is 0 Å². The number of rotatable bonds is 3. The monoisotopic (exact) mass is 246 g/mol. The number of carbonyl (C=O) groups is 1. The molecule has 0 fully saturated rings. The van der Waals surface area contributed by atoms with E-state index in [1.807, 2.05) is 14.0 Å². The quantitative estimate of drug-likeness (QED) is 0.657. The fourth-order valence-electron chi connectivity index (χ4n) is 1.48. The third kappa shape index (κ3) is 2.32. The van der Waals surface area contributed by atoms with Crippen LogP contribution in [0.2, 0.25) is 0 Å². The number of amides is 1. The SMILES string of the molecule is Cc1occc1C(=O)N/N=C/c1cnn(C)c1C. The zero-order valence-corrected chi connectivity index (χ0v) is 10.5. The zero-order chi connectivity index (χ0) is 13.1. The maximum absolute atomic E-state index is 11.7. The van der Waals surface area contributed by atoms with Crippen LogP contribution in [-0.2, 0) is 7.05 Å². The molecule has 0 saturated carbocycles. The minimum Gasteiger partial charge on any atom is -0.469 e. The lowest BCUT2D eigenvalue weighted by Gasteiger charge is -1.97. The summed E-state index contributed by atoms with van der Waals surface area (Å²) in [4.78, 5) is 11.7. The molecule has 0 aliphatic heterocycles. The average molecular weight is 246 g/mol. The second-order valence-electron chi connectivity index (χ2n) is 3.90. The standard InChI is InChI=1S/C12H14N4O2/c1-8-10(7-14-16(8)3)6-13-15-12(17)11-4-5-18-9(11)2/h4-7H,1-3H3,(H,15,17)/b13-6+. The summed E-state index contributed by atoms with van der Waals surface area (Å²) in [5, 5.41) is 7.97. The van der Waals surface area contributed by atoms with Crippen molar-refractivity contribution in [1.29, 1.82) is 0 Å². The molecule has 0 saturated heterocycles. The molecule has 6 nitrogen and oxygen atoms in total. The number of hydrazone groups is 1. The van der Waals surface area contributed by atoms with E-state index in [0.717, 1.165) is 11.3 Å². The Morgan fingerprint density at radius 3 is 2.89 bits per heavy atom. The number of nitrogens with one attached hydrogen (secondary N) is 1. The second-order valence-corrected chi connectivity index (χ2v) is 3.90. The third-order valence-electron chi connectivity index (χ3n) is 2.75. The topological polar surface area (TPSA) is 72.4 Å². The van der Waals surface area contributed by atoms with Gasteiger partial charge in [0.2, 0.25) is 0 Å². The zero-order valence-electron chi connectivity index (χ0n) is 10.5. The Labute approximate surface area is 104 Å². The lowest BCUT2D eigenvalue weighted by atomic mass is 10.2. The smallest absolute Gasteiger partial charge is 0.274 e. The molecule has 2 aromatic rings. The molecule has 0 atom stereocenters. The maximum atomic E-state index is 11.7. The van der Waals surface area contributed by atoms with Gasteiger partial charge in [-0.3, -0.25) is 9.48 Å². The van der Waals surface area contributed by atoms with E-state index >= 15 is 0 Å². The molecule has 2 aromatic heterocycles. The van der Waals surface area contributed by atoms with E-state index in [1.165, 1.54) is 6.26 Å². The Kier molecular flexibility index (Phi) is 3.27. The lowest BCUT2D eigenvalue weighted by Crippen LogP contribution is -2.17. The second kappa shape index (κ2) is 4.87. The van der Waals surface area contributed by atoms with Crippen molar-refractivity contribution in [3.63, 3.8) is 0 Å². The Balaban J connectivity index is 2.02. The number of hydrogen-bond acceptors (Lipinski definition) is 4. The highest BCUT2D eigenvalue weighted by Crippen LogP contribution is 2.08. The van der Waals surface area contributed by atoms with Crippen LogP contribution in [0, 0.1) is 13.8 Å². The number of aromatic nitrogens is 2. The van der Waals surface area contributed by atoms with E-state index in [4.69, 9.17) is 4.42 Å². The van der Waals surface area contributed by atoms with Crippen LogP contribution >= 0.6 is 0 Å². The number of hydrogen-bond donors (Lipinski definition) is 1. The van der Waals surface area contributed by atoms with Crippen LogP contribution in [0.1, 0.15) is 27.4 Å². The third-order valence-corrected chi connectivity index (χ3v) is 2.75. The van der Waals surface area contributed by atoms with Crippen LogP contribution in [0.25, 0.3) is 0 Å². The predicted octanol–water partition coefficient (Wildman–Crippen LogP) is 1.39. The van der Waals surface area contributed by atoms with Gasteiger partial charge in [-0.25, -0.2) is 5.43 Å². The molecule has 0 aromatic carbocycles. The molecule has 6 heteroatoms. The van der Waals surface area contributed by atoms with Crippen molar-refractivity contribution in [1.82, 2.24) is 15.2 Å². The van der Waals surface area contributed by atoms with E-state index in [9.17, 15) is 4.79 Å². The van der Waals surface area contributed by atoms with Gasteiger partial charge in [-0.2, -0.15) is 10.2 Å². The molecule has 1 amide bonds. The molecule has 18 heavy (non-hydrogen) atoms. The van der Waals surface area contributed by atoms with Crippen molar-refractivity contribution in [2.45, 2.75) is 13.8 Å². The van der Waals surface area contributed by atoms with Crippen LogP contribution in [0.3, 0.4) is 0 Å². The Hall–Kier alpha value is -2.37. The molecule has 0 unspecified atom stereocenters. The first kappa shape index (κ1) is 12.1. The van der Waals surface area contributed by atoms with Crippen molar-refractivity contribution >= 4 is 12.1 Å². The molecule has 0 radical (unpaired) electrons. The summed E-state index contributed by atoms with van der Waals surface area (Å²) >= 11 is 0. The summed E-state index contributed by atoms with van der Waals surface area (Å²) in [5.41, 5.74) is 4.77. The van der Waals surface area contributed by atoms with Gasteiger partial charge in [0.05, 0.1) is 24.2 Å². The fourth-order valence-corrected chi connectivity index (χ4v) is 1.48. The van der Waals surface area contributed by atoms with E-state index in [-0.39, 0.29) is 5.91 Å². The van der Waals surface area contributed by atoms with Gasteiger partial charge in [-0.05, 0) is 19.9 Å². The highest BCUT2D eigenvalue weighted by atomic mass is 16.3. The molecular weight excluding hydrogens is 232 g/mol. The molecule has 0 spiro atoms. The van der Waals surface area contributed by atoms with E-state index in [1.54, 1.807) is 30.1 Å².